The number of amides is 2. The first kappa shape index (κ1) is 20.1. The lowest BCUT2D eigenvalue weighted by atomic mass is 9.88. The SMILES string of the molecule is CN(Cc1cccc(-c2ccc(NC(=O)C3CCCCC3)cc2)c1)C(=O)CN. The smallest absolute Gasteiger partial charge is 0.236 e. The summed E-state index contributed by atoms with van der Waals surface area (Å²) in [6.07, 6.45) is 5.54. The van der Waals surface area contributed by atoms with E-state index >= 15 is 0 Å². The topological polar surface area (TPSA) is 75.4 Å². The number of benzene rings is 2. The number of nitrogens with two attached hydrogens (primary N) is 1. The molecule has 1 aliphatic rings. The van der Waals surface area contributed by atoms with E-state index in [4.69, 9.17) is 5.73 Å². The van der Waals surface area contributed by atoms with Gasteiger partial charge < -0.3 is 16.0 Å². The van der Waals surface area contributed by atoms with Crippen molar-refractivity contribution >= 4 is 17.5 Å². The fourth-order valence-electron chi connectivity index (χ4n) is 3.72. The van der Waals surface area contributed by atoms with Crippen molar-refractivity contribution in [3.8, 4) is 11.1 Å². The van der Waals surface area contributed by atoms with E-state index in [-0.39, 0.29) is 24.3 Å². The van der Waals surface area contributed by atoms with Crippen molar-refractivity contribution in [1.29, 1.82) is 0 Å². The predicted octanol–water partition coefficient (Wildman–Crippen LogP) is 3.79. The van der Waals surface area contributed by atoms with Crippen LogP contribution in [0.15, 0.2) is 48.5 Å². The molecule has 5 nitrogen and oxygen atoms in total. The highest BCUT2D eigenvalue weighted by molar-refractivity contribution is 5.92. The van der Waals surface area contributed by atoms with Crippen LogP contribution < -0.4 is 11.1 Å². The van der Waals surface area contributed by atoms with Gasteiger partial charge in [-0.1, -0.05) is 49.6 Å². The minimum Gasteiger partial charge on any atom is -0.340 e. The Morgan fingerprint density at radius 3 is 2.43 bits per heavy atom. The number of hydrogen-bond acceptors (Lipinski definition) is 3. The van der Waals surface area contributed by atoms with E-state index in [1.807, 2.05) is 42.5 Å². The molecule has 0 saturated heterocycles. The van der Waals surface area contributed by atoms with Gasteiger partial charge >= 0.3 is 0 Å². The van der Waals surface area contributed by atoms with Crippen LogP contribution >= 0.6 is 0 Å². The average molecular weight is 380 g/mol. The van der Waals surface area contributed by atoms with Crippen LogP contribution in [-0.2, 0) is 16.1 Å². The van der Waals surface area contributed by atoms with Crippen molar-refractivity contribution in [2.45, 2.75) is 38.6 Å². The van der Waals surface area contributed by atoms with Gasteiger partial charge in [-0.25, -0.2) is 0 Å². The molecular weight excluding hydrogens is 350 g/mol. The highest BCUT2D eigenvalue weighted by Crippen LogP contribution is 2.26. The van der Waals surface area contributed by atoms with Crippen molar-refractivity contribution < 1.29 is 9.59 Å². The molecule has 0 radical (unpaired) electrons. The third-order valence-electron chi connectivity index (χ3n) is 5.41. The molecule has 0 unspecified atom stereocenters. The van der Waals surface area contributed by atoms with Gasteiger partial charge in [0.25, 0.3) is 0 Å². The molecule has 3 rings (SSSR count). The molecule has 1 fully saturated rings. The van der Waals surface area contributed by atoms with Crippen LogP contribution in [0.1, 0.15) is 37.7 Å². The number of carbonyl (C=O) groups is 2. The molecule has 2 aromatic carbocycles. The van der Waals surface area contributed by atoms with Crippen LogP contribution in [0.3, 0.4) is 0 Å². The predicted molar refractivity (Wildman–Crippen MR) is 113 cm³/mol. The molecule has 0 aliphatic heterocycles. The molecule has 0 aromatic heterocycles. The van der Waals surface area contributed by atoms with Gasteiger partial charge in [0.05, 0.1) is 6.54 Å². The van der Waals surface area contributed by atoms with Gasteiger partial charge in [-0.3, -0.25) is 9.59 Å². The molecule has 148 valence electrons. The van der Waals surface area contributed by atoms with Gasteiger partial charge in [0.15, 0.2) is 0 Å². The van der Waals surface area contributed by atoms with Crippen molar-refractivity contribution in [2.24, 2.45) is 11.7 Å². The number of carbonyl (C=O) groups excluding carboxylic acids is 2. The Morgan fingerprint density at radius 2 is 1.75 bits per heavy atom. The summed E-state index contributed by atoms with van der Waals surface area (Å²) < 4.78 is 0. The molecule has 5 heteroatoms. The summed E-state index contributed by atoms with van der Waals surface area (Å²) >= 11 is 0. The normalized spacial score (nSPS) is 14.5. The molecular formula is C23H29N3O2. The Morgan fingerprint density at radius 1 is 1.04 bits per heavy atom. The van der Waals surface area contributed by atoms with Gasteiger partial charge in [0, 0.05) is 25.2 Å². The molecule has 2 aromatic rings. The number of nitrogens with one attached hydrogen (secondary N) is 1. The molecule has 1 aliphatic carbocycles. The maximum Gasteiger partial charge on any atom is 0.236 e. The summed E-state index contributed by atoms with van der Waals surface area (Å²) in [7, 11) is 1.76. The lowest BCUT2D eigenvalue weighted by Crippen LogP contribution is -2.32. The third-order valence-corrected chi connectivity index (χ3v) is 5.41. The second-order valence-electron chi connectivity index (χ2n) is 7.56. The molecule has 0 spiro atoms. The number of hydrogen-bond donors (Lipinski definition) is 2. The quantitative estimate of drug-likeness (QED) is 0.802. The van der Waals surface area contributed by atoms with E-state index in [1.54, 1.807) is 11.9 Å². The molecule has 0 heterocycles. The highest BCUT2D eigenvalue weighted by atomic mass is 16.2. The average Bonchev–Trinajstić information content (AvgIpc) is 2.74. The van der Waals surface area contributed by atoms with E-state index in [1.165, 1.54) is 6.42 Å². The monoisotopic (exact) mass is 379 g/mol. The minimum absolute atomic E-state index is 0.0181. The van der Waals surface area contributed by atoms with Crippen LogP contribution in [0.4, 0.5) is 5.69 Å². The third kappa shape index (κ3) is 5.20. The number of nitrogens with zero attached hydrogens (tertiary/aromatic N) is 1. The molecule has 3 N–H and O–H groups in total. The molecule has 2 amide bonds. The standard InChI is InChI=1S/C23H29N3O2/c1-26(22(27)15-24)16-17-6-5-9-20(14-17)18-10-12-21(13-11-18)25-23(28)19-7-3-2-4-8-19/h5-6,9-14,19H,2-4,7-8,15-16,24H2,1H3,(H,25,28). The van der Waals surface area contributed by atoms with Crippen LogP contribution in [-0.4, -0.2) is 30.3 Å². The van der Waals surface area contributed by atoms with Crippen molar-refractivity contribution in [1.82, 2.24) is 4.90 Å². The summed E-state index contributed by atoms with van der Waals surface area (Å²) in [5.41, 5.74) is 9.47. The van der Waals surface area contributed by atoms with Crippen LogP contribution in [0.25, 0.3) is 11.1 Å². The zero-order chi connectivity index (χ0) is 19.9. The van der Waals surface area contributed by atoms with Crippen molar-refractivity contribution in [3.05, 3.63) is 54.1 Å². The van der Waals surface area contributed by atoms with Crippen molar-refractivity contribution in [2.75, 3.05) is 18.9 Å². The van der Waals surface area contributed by atoms with Crippen LogP contribution in [0.2, 0.25) is 0 Å². The molecule has 28 heavy (non-hydrogen) atoms. The lowest BCUT2D eigenvalue weighted by molar-refractivity contribution is -0.128. The Labute approximate surface area is 166 Å². The molecule has 1 saturated carbocycles. The molecule has 0 bridgehead atoms. The maximum absolute atomic E-state index is 12.4. The number of likely N-dealkylation sites (N-methyl/N-ethyl adjacent to an activating group) is 1. The Kier molecular flexibility index (Phi) is 6.82. The second kappa shape index (κ2) is 9.51. The minimum atomic E-state index is -0.0801. The zero-order valence-corrected chi connectivity index (χ0v) is 16.5. The van der Waals surface area contributed by atoms with Gasteiger partial charge in [-0.2, -0.15) is 0 Å². The maximum atomic E-state index is 12.4. The van der Waals surface area contributed by atoms with E-state index in [0.29, 0.717) is 6.54 Å². The van der Waals surface area contributed by atoms with Gasteiger partial charge in [0.1, 0.15) is 0 Å². The first-order valence-electron chi connectivity index (χ1n) is 10.0. The van der Waals surface area contributed by atoms with Crippen LogP contribution in [0, 0.1) is 5.92 Å². The van der Waals surface area contributed by atoms with Crippen molar-refractivity contribution in [3.63, 3.8) is 0 Å². The Bertz CT molecular complexity index is 811. The summed E-state index contributed by atoms with van der Waals surface area (Å²) in [6, 6.07) is 16.1. The van der Waals surface area contributed by atoms with E-state index in [9.17, 15) is 9.59 Å². The van der Waals surface area contributed by atoms with Gasteiger partial charge in [-0.15, -0.1) is 0 Å². The molecule has 0 atom stereocenters. The summed E-state index contributed by atoms with van der Waals surface area (Å²) in [5, 5.41) is 3.05. The fourth-order valence-corrected chi connectivity index (χ4v) is 3.72. The largest absolute Gasteiger partial charge is 0.340 e. The Hall–Kier alpha value is -2.66. The first-order chi connectivity index (χ1) is 13.6. The first-order valence-corrected chi connectivity index (χ1v) is 10.0. The number of rotatable bonds is 6. The zero-order valence-electron chi connectivity index (χ0n) is 16.5. The van der Waals surface area contributed by atoms with Gasteiger partial charge in [0.2, 0.25) is 11.8 Å². The fraction of sp³-hybridized carbons (Fsp3) is 0.391. The lowest BCUT2D eigenvalue weighted by Gasteiger charge is -2.20. The summed E-state index contributed by atoms with van der Waals surface area (Å²) in [5.74, 6) is 0.212. The summed E-state index contributed by atoms with van der Waals surface area (Å²) in [4.78, 5) is 25.7. The highest BCUT2D eigenvalue weighted by Gasteiger charge is 2.20. The number of anilines is 1. The summed E-state index contributed by atoms with van der Waals surface area (Å²) in [6.45, 7) is 0.545. The van der Waals surface area contributed by atoms with E-state index < -0.39 is 0 Å². The Balaban J connectivity index is 1.65. The van der Waals surface area contributed by atoms with E-state index in [2.05, 4.69) is 11.4 Å². The van der Waals surface area contributed by atoms with Gasteiger partial charge in [-0.05, 0) is 47.7 Å². The van der Waals surface area contributed by atoms with E-state index in [0.717, 1.165) is 48.1 Å². The van der Waals surface area contributed by atoms with Crippen LogP contribution in [0.5, 0.6) is 0 Å². The second-order valence-corrected chi connectivity index (χ2v) is 7.56.